The molecule has 0 unspecified atom stereocenters. The highest BCUT2D eigenvalue weighted by Crippen LogP contribution is 2.19. The van der Waals surface area contributed by atoms with Crippen LogP contribution in [0.2, 0.25) is 0 Å². The first-order valence-corrected chi connectivity index (χ1v) is 6.63. The van der Waals surface area contributed by atoms with E-state index in [0.717, 1.165) is 17.8 Å². The number of nitrogens with one attached hydrogen (secondary N) is 1. The van der Waals surface area contributed by atoms with Crippen molar-refractivity contribution >= 4 is 0 Å². The second-order valence-electron chi connectivity index (χ2n) is 4.79. The van der Waals surface area contributed by atoms with Gasteiger partial charge in [0.15, 0.2) is 0 Å². The minimum Gasteiger partial charge on any atom is -0.472 e. The highest BCUT2D eigenvalue weighted by Gasteiger charge is 2.20. The average Bonchev–Trinajstić information content (AvgIpc) is 3.29. The normalized spacial score (nSPS) is 14.3. The van der Waals surface area contributed by atoms with Gasteiger partial charge in [0, 0.05) is 18.7 Å². The molecule has 1 heterocycles. The summed E-state index contributed by atoms with van der Waals surface area (Å²) in [5.41, 5.74) is 2.09. The summed E-state index contributed by atoms with van der Waals surface area (Å²) in [6, 6.07) is 14.6. The van der Waals surface area contributed by atoms with Crippen molar-refractivity contribution in [3.8, 4) is 5.88 Å². The van der Waals surface area contributed by atoms with Crippen LogP contribution in [-0.4, -0.2) is 16.2 Å². The lowest BCUT2D eigenvalue weighted by atomic mass is 10.2. The molecule has 0 aliphatic heterocycles. The Bertz CT molecular complexity index is 509. The second kappa shape index (κ2) is 5.80. The minimum absolute atomic E-state index is 0.523. The molecule has 1 aliphatic carbocycles. The van der Waals surface area contributed by atoms with E-state index < -0.39 is 0 Å². The number of ether oxygens (including phenoxy) is 1. The third kappa shape index (κ3) is 3.76. The van der Waals surface area contributed by atoms with Gasteiger partial charge < -0.3 is 10.1 Å². The predicted molar refractivity (Wildman–Crippen MR) is 72.7 cm³/mol. The molecule has 0 bridgehead atoms. The van der Waals surface area contributed by atoms with Gasteiger partial charge in [-0.25, -0.2) is 0 Å². The van der Waals surface area contributed by atoms with Crippen molar-refractivity contribution in [1.29, 1.82) is 0 Å². The first-order chi connectivity index (χ1) is 9.40. The second-order valence-corrected chi connectivity index (χ2v) is 4.79. The van der Waals surface area contributed by atoms with E-state index in [4.69, 9.17) is 4.74 Å². The molecule has 0 radical (unpaired) electrons. The van der Waals surface area contributed by atoms with E-state index in [1.807, 2.05) is 42.5 Å². The van der Waals surface area contributed by atoms with Crippen molar-refractivity contribution < 1.29 is 4.74 Å². The molecule has 2 aromatic rings. The van der Waals surface area contributed by atoms with Crippen LogP contribution in [-0.2, 0) is 13.2 Å². The van der Waals surface area contributed by atoms with Gasteiger partial charge in [0.05, 0.1) is 5.69 Å². The Balaban J connectivity index is 1.50. The molecule has 4 nitrogen and oxygen atoms in total. The monoisotopic (exact) mass is 255 g/mol. The van der Waals surface area contributed by atoms with Gasteiger partial charge in [-0.3, -0.25) is 0 Å². The quantitative estimate of drug-likeness (QED) is 0.860. The molecule has 1 N–H and O–H groups in total. The SMILES string of the molecule is c1ccc(COc2ccc(CNC3CC3)nn2)cc1. The molecule has 0 saturated heterocycles. The summed E-state index contributed by atoms with van der Waals surface area (Å²) in [6.45, 7) is 1.31. The Labute approximate surface area is 112 Å². The van der Waals surface area contributed by atoms with Gasteiger partial charge in [0.1, 0.15) is 6.61 Å². The summed E-state index contributed by atoms with van der Waals surface area (Å²) in [6.07, 6.45) is 2.57. The fourth-order valence-electron chi connectivity index (χ4n) is 1.79. The van der Waals surface area contributed by atoms with Gasteiger partial charge in [-0.15, -0.1) is 5.10 Å². The topological polar surface area (TPSA) is 47.0 Å². The zero-order chi connectivity index (χ0) is 12.9. The van der Waals surface area contributed by atoms with Crippen molar-refractivity contribution in [3.63, 3.8) is 0 Å². The van der Waals surface area contributed by atoms with E-state index in [1.54, 1.807) is 0 Å². The molecule has 1 saturated carbocycles. The molecule has 1 fully saturated rings. The molecule has 1 aliphatic rings. The molecule has 19 heavy (non-hydrogen) atoms. The Morgan fingerprint density at radius 3 is 2.58 bits per heavy atom. The maximum atomic E-state index is 5.59. The van der Waals surface area contributed by atoms with Gasteiger partial charge in [0.2, 0.25) is 5.88 Å². The van der Waals surface area contributed by atoms with Gasteiger partial charge in [-0.05, 0) is 24.5 Å². The lowest BCUT2D eigenvalue weighted by molar-refractivity contribution is 0.289. The van der Waals surface area contributed by atoms with E-state index in [0.29, 0.717) is 18.5 Å². The fourth-order valence-corrected chi connectivity index (χ4v) is 1.79. The first kappa shape index (κ1) is 12.1. The third-order valence-corrected chi connectivity index (χ3v) is 3.07. The van der Waals surface area contributed by atoms with E-state index in [2.05, 4.69) is 15.5 Å². The predicted octanol–water partition coefficient (Wildman–Crippen LogP) is 2.31. The zero-order valence-corrected chi connectivity index (χ0v) is 10.7. The van der Waals surface area contributed by atoms with Gasteiger partial charge in [-0.1, -0.05) is 30.3 Å². The van der Waals surface area contributed by atoms with E-state index in [-0.39, 0.29) is 0 Å². The molecular weight excluding hydrogens is 238 g/mol. The fraction of sp³-hybridized carbons (Fsp3) is 0.333. The van der Waals surface area contributed by atoms with Crippen LogP contribution in [0.4, 0.5) is 0 Å². The van der Waals surface area contributed by atoms with Gasteiger partial charge in [0.25, 0.3) is 0 Å². The van der Waals surface area contributed by atoms with Crippen LogP contribution in [0, 0.1) is 0 Å². The van der Waals surface area contributed by atoms with Crippen LogP contribution in [0.25, 0.3) is 0 Å². The Morgan fingerprint density at radius 2 is 1.89 bits per heavy atom. The van der Waals surface area contributed by atoms with E-state index in [9.17, 15) is 0 Å². The van der Waals surface area contributed by atoms with Crippen molar-refractivity contribution in [2.24, 2.45) is 0 Å². The number of benzene rings is 1. The lowest BCUT2D eigenvalue weighted by Crippen LogP contribution is -2.16. The van der Waals surface area contributed by atoms with Crippen molar-refractivity contribution in [2.45, 2.75) is 32.0 Å². The molecule has 98 valence electrons. The molecule has 3 rings (SSSR count). The van der Waals surface area contributed by atoms with Crippen molar-refractivity contribution in [3.05, 3.63) is 53.7 Å². The Kier molecular flexibility index (Phi) is 3.70. The number of hydrogen-bond acceptors (Lipinski definition) is 4. The molecule has 4 heteroatoms. The molecular formula is C15H17N3O. The minimum atomic E-state index is 0.523. The molecule has 1 aromatic carbocycles. The largest absolute Gasteiger partial charge is 0.472 e. The summed E-state index contributed by atoms with van der Waals surface area (Å²) in [7, 11) is 0. The lowest BCUT2D eigenvalue weighted by Gasteiger charge is -2.05. The number of nitrogens with zero attached hydrogens (tertiary/aromatic N) is 2. The number of rotatable bonds is 6. The van der Waals surface area contributed by atoms with Crippen molar-refractivity contribution in [2.75, 3.05) is 0 Å². The number of aromatic nitrogens is 2. The Morgan fingerprint density at radius 1 is 1.05 bits per heavy atom. The molecule has 0 amide bonds. The standard InChI is InChI=1S/C15H17N3O/c1-2-4-12(5-3-1)11-19-15-9-8-14(17-18-15)10-16-13-6-7-13/h1-5,8-9,13,16H,6-7,10-11H2. The summed E-state index contributed by atoms with van der Waals surface area (Å²) in [5, 5.41) is 11.6. The smallest absolute Gasteiger partial charge is 0.233 e. The third-order valence-electron chi connectivity index (χ3n) is 3.07. The molecule has 1 aromatic heterocycles. The van der Waals surface area contributed by atoms with Crippen LogP contribution >= 0.6 is 0 Å². The maximum absolute atomic E-state index is 5.59. The summed E-state index contributed by atoms with van der Waals surface area (Å²) in [4.78, 5) is 0. The van der Waals surface area contributed by atoms with Crippen LogP contribution in [0.15, 0.2) is 42.5 Å². The van der Waals surface area contributed by atoms with Crippen LogP contribution < -0.4 is 10.1 Å². The zero-order valence-electron chi connectivity index (χ0n) is 10.7. The molecule has 0 atom stereocenters. The van der Waals surface area contributed by atoms with Gasteiger partial charge >= 0.3 is 0 Å². The van der Waals surface area contributed by atoms with Gasteiger partial charge in [-0.2, -0.15) is 5.10 Å². The average molecular weight is 255 g/mol. The van der Waals surface area contributed by atoms with Crippen molar-refractivity contribution in [1.82, 2.24) is 15.5 Å². The van der Waals surface area contributed by atoms with E-state index in [1.165, 1.54) is 12.8 Å². The van der Waals surface area contributed by atoms with E-state index >= 15 is 0 Å². The summed E-state index contributed by atoms with van der Waals surface area (Å²) >= 11 is 0. The summed E-state index contributed by atoms with van der Waals surface area (Å²) < 4.78 is 5.59. The van der Waals surface area contributed by atoms with Crippen LogP contribution in [0.5, 0.6) is 5.88 Å². The Hall–Kier alpha value is -1.94. The number of hydrogen-bond donors (Lipinski definition) is 1. The van der Waals surface area contributed by atoms with Crippen LogP contribution in [0.3, 0.4) is 0 Å². The first-order valence-electron chi connectivity index (χ1n) is 6.63. The van der Waals surface area contributed by atoms with Crippen LogP contribution in [0.1, 0.15) is 24.1 Å². The maximum Gasteiger partial charge on any atom is 0.233 e. The molecule has 0 spiro atoms. The summed E-state index contributed by atoms with van der Waals surface area (Å²) in [5.74, 6) is 0.569. The highest BCUT2D eigenvalue weighted by atomic mass is 16.5. The highest BCUT2D eigenvalue weighted by molar-refractivity contribution is 5.16.